The average Bonchev–Trinajstić information content (AvgIpc) is 2.59. The molecule has 2 rings (SSSR count). The summed E-state index contributed by atoms with van der Waals surface area (Å²) in [5, 5.41) is 11.4. The van der Waals surface area contributed by atoms with Crippen LogP contribution >= 0.6 is 0 Å². The van der Waals surface area contributed by atoms with E-state index in [0.717, 1.165) is 37.1 Å². The molecule has 0 saturated carbocycles. The second kappa shape index (κ2) is 3.92. The monoisotopic (exact) mass is 210 g/mol. The van der Waals surface area contributed by atoms with E-state index >= 15 is 0 Å². The van der Waals surface area contributed by atoms with Crippen molar-refractivity contribution in [3.63, 3.8) is 0 Å². The number of nitrogens with one attached hydrogen (secondary N) is 1. The fourth-order valence-corrected chi connectivity index (χ4v) is 1.66. The van der Waals surface area contributed by atoms with E-state index in [-0.39, 0.29) is 0 Å². The number of carbonyl (C=O) groups is 1. The van der Waals surface area contributed by atoms with Gasteiger partial charge in [0.2, 0.25) is 0 Å². The first kappa shape index (κ1) is 10.0. The van der Waals surface area contributed by atoms with Crippen LogP contribution in [0.4, 0.5) is 6.01 Å². The summed E-state index contributed by atoms with van der Waals surface area (Å²) >= 11 is 0. The van der Waals surface area contributed by atoms with Crippen LogP contribution in [0.2, 0.25) is 0 Å². The largest absolute Gasteiger partial charge is 0.480 e. The van der Waals surface area contributed by atoms with Crippen molar-refractivity contribution in [3.8, 4) is 0 Å². The van der Waals surface area contributed by atoms with Crippen LogP contribution in [0.1, 0.15) is 31.2 Å². The number of carboxylic acid groups (broad SMARTS) is 1. The van der Waals surface area contributed by atoms with Crippen LogP contribution in [0, 0.1) is 0 Å². The zero-order chi connectivity index (χ0) is 10.8. The molecular formula is C10H14N2O3. The minimum absolute atomic E-state index is 0.330. The highest BCUT2D eigenvalue weighted by atomic mass is 16.4. The Morgan fingerprint density at radius 3 is 2.93 bits per heavy atom. The van der Waals surface area contributed by atoms with Crippen molar-refractivity contribution in [2.24, 2.45) is 0 Å². The van der Waals surface area contributed by atoms with Crippen molar-refractivity contribution in [2.45, 2.75) is 38.6 Å². The van der Waals surface area contributed by atoms with Gasteiger partial charge in [0, 0.05) is 6.42 Å². The van der Waals surface area contributed by atoms with Gasteiger partial charge in [0.15, 0.2) is 0 Å². The lowest BCUT2D eigenvalue weighted by Crippen LogP contribution is -2.25. The summed E-state index contributed by atoms with van der Waals surface area (Å²) in [7, 11) is 0. The second-order valence-electron chi connectivity index (χ2n) is 3.80. The van der Waals surface area contributed by atoms with E-state index in [1.165, 1.54) is 0 Å². The molecule has 0 unspecified atom stereocenters. The summed E-state index contributed by atoms with van der Waals surface area (Å²) in [6.45, 7) is 1.56. The lowest BCUT2D eigenvalue weighted by molar-refractivity contribution is -0.137. The molecule has 0 aromatic carbocycles. The average molecular weight is 210 g/mol. The molecule has 0 saturated heterocycles. The molecule has 1 atom stereocenters. The zero-order valence-electron chi connectivity index (χ0n) is 8.62. The summed E-state index contributed by atoms with van der Waals surface area (Å²) < 4.78 is 5.44. The van der Waals surface area contributed by atoms with Gasteiger partial charge in [0.1, 0.15) is 11.8 Å². The maximum Gasteiger partial charge on any atom is 0.325 e. The van der Waals surface area contributed by atoms with Crippen molar-refractivity contribution in [1.82, 2.24) is 4.98 Å². The molecule has 5 nitrogen and oxygen atoms in total. The molecule has 0 amide bonds. The van der Waals surface area contributed by atoms with Gasteiger partial charge in [-0.1, -0.05) is 0 Å². The third-order valence-corrected chi connectivity index (χ3v) is 2.56. The lowest BCUT2D eigenvalue weighted by Gasteiger charge is -2.05. The van der Waals surface area contributed by atoms with Crippen molar-refractivity contribution in [3.05, 3.63) is 11.5 Å². The summed E-state index contributed by atoms with van der Waals surface area (Å²) in [5.41, 5.74) is 0.973. The van der Waals surface area contributed by atoms with E-state index in [9.17, 15) is 4.79 Å². The van der Waals surface area contributed by atoms with E-state index in [1.54, 1.807) is 6.92 Å². The van der Waals surface area contributed by atoms with Crippen LogP contribution in [0.25, 0.3) is 0 Å². The first-order valence-electron chi connectivity index (χ1n) is 5.15. The van der Waals surface area contributed by atoms with Crippen LogP contribution in [0.15, 0.2) is 4.42 Å². The molecule has 1 aliphatic carbocycles. The van der Waals surface area contributed by atoms with Gasteiger partial charge in [-0.25, -0.2) is 0 Å². The summed E-state index contributed by atoms with van der Waals surface area (Å²) in [6.07, 6.45) is 4.09. The fraction of sp³-hybridized carbons (Fsp3) is 0.600. The van der Waals surface area contributed by atoms with Crippen molar-refractivity contribution in [2.75, 3.05) is 5.32 Å². The Balaban J connectivity index is 2.09. The number of rotatable bonds is 3. The normalized spacial score (nSPS) is 16.9. The van der Waals surface area contributed by atoms with Gasteiger partial charge in [-0.3, -0.25) is 4.79 Å². The molecule has 15 heavy (non-hydrogen) atoms. The van der Waals surface area contributed by atoms with E-state index in [2.05, 4.69) is 10.3 Å². The smallest absolute Gasteiger partial charge is 0.325 e. The quantitative estimate of drug-likeness (QED) is 0.789. The predicted molar refractivity (Wildman–Crippen MR) is 53.9 cm³/mol. The third-order valence-electron chi connectivity index (χ3n) is 2.56. The molecule has 0 radical (unpaired) electrons. The molecule has 1 aromatic rings. The van der Waals surface area contributed by atoms with Crippen LogP contribution in [0.3, 0.4) is 0 Å². The Hall–Kier alpha value is -1.52. The second-order valence-corrected chi connectivity index (χ2v) is 3.80. The first-order valence-corrected chi connectivity index (χ1v) is 5.15. The molecule has 0 fully saturated rings. The number of oxazole rings is 1. The van der Waals surface area contributed by atoms with E-state index in [4.69, 9.17) is 9.52 Å². The Morgan fingerprint density at radius 1 is 1.53 bits per heavy atom. The van der Waals surface area contributed by atoms with E-state index in [1.807, 2.05) is 0 Å². The van der Waals surface area contributed by atoms with E-state index < -0.39 is 12.0 Å². The predicted octanol–water partition coefficient (Wildman–Crippen LogP) is 1.44. The molecule has 0 spiro atoms. The molecule has 5 heteroatoms. The molecule has 1 heterocycles. The molecular weight excluding hydrogens is 196 g/mol. The molecule has 0 aliphatic heterocycles. The lowest BCUT2D eigenvalue weighted by atomic mass is 10.0. The van der Waals surface area contributed by atoms with Crippen LogP contribution < -0.4 is 5.32 Å². The summed E-state index contributed by atoms with van der Waals surface area (Å²) in [5.74, 6) is -0.00693. The maximum atomic E-state index is 10.6. The molecule has 1 aromatic heterocycles. The summed E-state index contributed by atoms with van der Waals surface area (Å²) in [6, 6.07) is -0.345. The highest BCUT2D eigenvalue weighted by Crippen LogP contribution is 2.24. The Kier molecular flexibility index (Phi) is 2.62. The Labute approximate surface area is 87.5 Å². The first-order chi connectivity index (χ1) is 7.16. The van der Waals surface area contributed by atoms with Gasteiger partial charge >= 0.3 is 5.97 Å². The van der Waals surface area contributed by atoms with Crippen molar-refractivity contribution >= 4 is 12.0 Å². The number of aryl methyl sites for hydroxylation is 2. The van der Waals surface area contributed by atoms with Gasteiger partial charge in [-0.15, -0.1) is 0 Å². The number of aliphatic carboxylic acids is 1. The highest BCUT2D eigenvalue weighted by Gasteiger charge is 2.19. The third kappa shape index (κ3) is 2.11. The van der Waals surface area contributed by atoms with Crippen LogP contribution in [0.5, 0.6) is 0 Å². The van der Waals surface area contributed by atoms with Crippen molar-refractivity contribution in [1.29, 1.82) is 0 Å². The van der Waals surface area contributed by atoms with Crippen LogP contribution in [-0.4, -0.2) is 22.1 Å². The van der Waals surface area contributed by atoms with Gasteiger partial charge in [0.25, 0.3) is 6.01 Å². The molecule has 1 aliphatic rings. The SMILES string of the molecule is C[C@@H](Nc1nc2c(o1)CCCC2)C(=O)O. The Morgan fingerprint density at radius 2 is 2.27 bits per heavy atom. The molecule has 2 N–H and O–H groups in total. The summed E-state index contributed by atoms with van der Waals surface area (Å²) in [4.78, 5) is 14.8. The molecule has 0 bridgehead atoms. The number of aromatic nitrogens is 1. The number of nitrogens with zero attached hydrogens (tertiary/aromatic N) is 1. The number of fused-ring (bicyclic) bond motifs is 1. The van der Waals surface area contributed by atoms with Crippen LogP contribution in [-0.2, 0) is 17.6 Å². The number of carboxylic acids is 1. The van der Waals surface area contributed by atoms with Crippen molar-refractivity contribution < 1.29 is 14.3 Å². The van der Waals surface area contributed by atoms with Gasteiger partial charge < -0.3 is 14.8 Å². The van der Waals surface area contributed by atoms with E-state index in [0.29, 0.717) is 6.01 Å². The highest BCUT2D eigenvalue weighted by molar-refractivity contribution is 5.75. The number of hydrogen-bond acceptors (Lipinski definition) is 4. The number of anilines is 1. The zero-order valence-corrected chi connectivity index (χ0v) is 8.62. The maximum absolute atomic E-state index is 10.6. The minimum Gasteiger partial charge on any atom is -0.480 e. The number of hydrogen-bond donors (Lipinski definition) is 2. The Bertz CT molecular complexity index is 349. The van der Waals surface area contributed by atoms with Gasteiger partial charge in [-0.05, 0) is 26.2 Å². The van der Waals surface area contributed by atoms with Gasteiger partial charge in [0.05, 0.1) is 5.69 Å². The topological polar surface area (TPSA) is 75.4 Å². The molecule has 82 valence electrons. The van der Waals surface area contributed by atoms with Gasteiger partial charge in [-0.2, -0.15) is 4.98 Å². The minimum atomic E-state index is -0.911. The fourth-order valence-electron chi connectivity index (χ4n) is 1.66. The standard InChI is InChI=1S/C10H14N2O3/c1-6(9(13)14)11-10-12-7-4-2-3-5-8(7)15-10/h6H,2-5H2,1H3,(H,11,12)(H,13,14)/t6-/m1/s1.